The third kappa shape index (κ3) is 6.85. The molecule has 3 aromatic rings. The summed E-state index contributed by atoms with van der Waals surface area (Å²) in [5.74, 6) is 2.16. The summed E-state index contributed by atoms with van der Waals surface area (Å²) in [6.07, 6.45) is 4.93. The highest BCUT2D eigenvalue weighted by Crippen LogP contribution is 2.25. The number of ether oxygens (including phenoxy) is 1. The van der Waals surface area contributed by atoms with E-state index < -0.39 is 0 Å². The largest absolute Gasteiger partial charge is 0.437 e. The highest BCUT2D eigenvalue weighted by atomic mass is 16.5. The van der Waals surface area contributed by atoms with Gasteiger partial charge in [-0.05, 0) is 36.8 Å². The fraction of sp³-hybridized carbons (Fsp3) is 0.261. The van der Waals surface area contributed by atoms with Gasteiger partial charge in [0, 0.05) is 38.8 Å². The summed E-state index contributed by atoms with van der Waals surface area (Å²) >= 11 is 0. The van der Waals surface area contributed by atoms with Gasteiger partial charge in [-0.1, -0.05) is 12.1 Å². The second-order valence-corrected chi connectivity index (χ2v) is 7.26. The van der Waals surface area contributed by atoms with Crippen LogP contribution in [0, 0.1) is 0 Å². The Balaban J connectivity index is 1.60. The number of nitrogens with zero attached hydrogens (tertiary/aromatic N) is 4. The van der Waals surface area contributed by atoms with Crippen LogP contribution in [0.5, 0.6) is 11.6 Å². The maximum Gasteiger partial charge on any atom is 0.239 e. The topological polar surface area (TPSA) is 109 Å². The summed E-state index contributed by atoms with van der Waals surface area (Å²) in [5.41, 5.74) is 1.89. The fourth-order valence-electron chi connectivity index (χ4n) is 2.85. The molecule has 0 bridgehead atoms. The molecule has 0 fully saturated rings. The molecule has 32 heavy (non-hydrogen) atoms. The lowest BCUT2D eigenvalue weighted by molar-refractivity contribution is -0.116. The monoisotopic (exact) mass is 434 g/mol. The average molecular weight is 435 g/mol. The van der Waals surface area contributed by atoms with Crippen LogP contribution in [-0.4, -0.2) is 53.3 Å². The lowest BCUT2D eigenvalue weighted by Gasteiger charge is -2.18. The molecule has 2 aromatic heterocycles. The first kappa shape index (κ1) is 22.8. The minimum Gasteiger partial charge on any atom is -0.437 e. The van der Waals surface area contributed by atoms with Crippen LogP contribution in [-0.2, 0) is 9.59 Å². The van der Waals surface area contributed by atoms with E-state index in [0.29, 0.717) is 42.9 Å². The van der Waals surface area contributed by atoms with Gasteiger partial charge in [-0.25, -0.2) is 4.98 Å². The molecule has 2 heterocycles. The van der Waals surface area contributed by atoms with Crippen LogP contribution in [0.15, 0.2) is 55.0 Å². The number of amides is 1. The number of aromatic nitrogens is 3. The van der Waals surface area contributed by atoms with Crippen molar-refractivity contribution in [3.05, 3.63) is 55.0 Å². The molecule has 0 atom stereocenters. The maximum atomic E-state index is 11.1. The number of pyridine rings is 1. The Morgan fingerprint density at radius 2 is 1.75 bits per heavy atom. The summed E-state index contributed by atoms with van der Waals surface area (Å²) < 4.78 is 5.86. The first-order valence-electron chi connectivity index (χ1n) is 10.2. The Morgan fingerprint density at radius 3 is 2.41 bits per heavy atom. The second kappa shape index (κ2) is 11.0. The minimum absolute atomic E-state index is 0.104. The summed E-state index contributed by atoms with van der Waals surface area (Å²) in [6.45, 7) is 4.69. The first-order valence-corrected chi connectivity index (χ1v) is 10.2. The van der Waals surface area contributed by atoms with Crippen molar-refractivity contribution >= 4 is 23.3 Å². The molecular formula is C23H26N6O3. The van der Waals surface area contributed by atoms with Gasteiger partial charge in [-0.2, -0.15) is 4.98 Å². The molecule has 0 saturated heterocycles. The maximum absolute atomic E-state index is 11.1. The molecule has 0 saturated carbocycles. The van der Waals surface area contributed by atoms with Gasteiger partial charge < -0.3 is 20.3 Å². The van der Waals surface area contributed by atoms with Gasteiger partial charge in [0.15, 0.2) is 5.82 Å². The first-order chi connectivity index (χ1) is 15.4. The molecule has 0 aliphatic carbocycles. The number of anilines is 2. The van der Waals surface area contributed by atoms with Crippen LogP contribution in [0.4, 0.5) is 11.6 Å². The average Bonchev–Trinajstić information content (AvgIpc) is 2.77. The van der Waals surface area contributed by atoms with E-state index in [4.69, 9.17) is 4.74 Å². The molecule has 9 heteroatoms. The van der Waals surface area contributed by atoms with Crippen LogP contribution in [0.3, 0.4) is 0 Å². The zero-order valence-electron chi connectivity index (χ0n) is 18.3. The van der Waals surface area contributed by atoms with Gasteiger partial charge >= 0.3 is 0 Å². The lowest BCUT2D eigenvalue weighted by atomic mass is 10.1. The van der Waals surface area contributed by atoms with Crippen LogP contribution >= 0.6 is 0 Å². The summed E-state index contributed by atoms with van der Waals surface area (Å²) in [6, 6.07) is 11.2. The highest BCUT2D eigenvalue weighted by Gasteiger charge is 2.07. The van der Waals surface area contributed by atoms with Crippen molar-refractivity contribution in [2.75, 3.05) is 36.9 Å². The third-order valence-corrected chi connectivity index (χ3v) is 4.47. The van der Waals surface area contributed by atoms with Crippen LogP contribution in [0.25, 0.3) is 11.1 Å². The lowest BCUT2D eigenvalue weighted by Crippen LogP contribution is -2.32. The van der Waals surface area contributed by atoms with E-state index in [1.807, 2.05) is 42.3 Å². The zero-order valence-corrected chi connectivity index (χ0v) is 18.3. The van der Waals surface area contributed by atoms with E-state index in [2.05, 4.69) is 25.6 Å². The molecule has 0 radical (unpaired) electrons. The van der Waals surface area contributed by atoms with E-state index in [0.717, 1.165) is 11.1 Å². The van der Waals surface area contributed by atoms with E-state index in [9.17, 15) is 9.59 Å². The Kier molecular flexibility index (Phi) is 7.82. The van der Waals surface area contributed by atoms with Crippen LogP contribution in [0.2, 0.25) is 0 Å². The summed E-state index contributed by atoms with van der Waals surface area (Å²) in [4.78, 5) is 37.0. The molecule has 3 rings (SSSR count). The molecule has 1 amide bonds. The number of nitrogens with one attached hydrogen (secondary N) is 2. The molecule has 2 N–H and O–H groups in total. The molecule has 9 nitrogen and oxygen atoms in total. The molecule has 0 aliphatic rings. The Bertz CT molecular complexity index is 1050. The Hall–Kier alpha value is -3.85. The number of ketones is 1. The Labute approximate surface area is 186 Å². The van der Waals surface area contributed by atoms with Gasteiger partial charge in [-0.15, -0.1) is 0 Å². The molecule has 166 valence electrons. The number of carbonyl (C=O) groups is 2. The van der Waals surface area contributed by atoms with Crippen molar-refractivity contribution in [1.82, 2.24) is 20.3 Å². The number of hydrogen-bond acceptors (Lipinski definition) is 8. The minimum atomic E-state index is -0.158. The number of carbonyl (C=O) groups excluding carboxylic acids is 2. The van der Waals surface area contributed by atoms with Crippen molar-refractivity contribution in [3.63, 3.8) is 0 Å². The van der Waals surface area contributed by atoms with Gasteiger partial charge in [0.25, 0.3) is 0 Å². The molecule has 1 aromatic carbocycles. The van der Waals surface area contributed by atoms with E-state index >= 15 is 0 Å². The highest BCUT2D eigenvalue weighted by molar-refractivity contribution is 5.87. The number of benzene rings is 1. The van der Waals surface area contributed by atoms with E-state index in [1.165, 1.54) is 6.92 Å². The molecule has 0 aliphatic heterocycles. The van der Waals surface area contributed by atoms with Gasteiger partial charge in [0.2, 0.25) is 11.8 Å². The van der Waals surface area contributed by atoms with Crippen molar-refractivity contribution in [2.24, 2.45) is 0 Å². The normalized spacial score (nSPS) is 10.5. The van der Waals surface area contributed by atoms with Crippen molar-refractivity contribution < 1.29 is 14.3 Å². The SMILES string of the molecule is CC(=O)CNCCN(C)c1cncc(Oc2ccc(-c3ccc(NC(C)=O)nc3)cc2)n1. The van der Waals surface area contributed by atoms with E-state index in [-0.39, 0.29) is 11.7 Å². The van der Waals surface area contributed by atoms with Crippen molar-refractivity contribution in [2.45, 2.75) is 13.8 Å². The zero-order chi connectivity index (χ0) is 22.9. The smallest absolute Gasteiger partial charge is 0.239 e. The Morgan fingerprint density at radius 1 is 1.00 bits per heavy atom. The molecule has 0 spiro atoms. The third-order valence-electron chi connectivity index (χ3n) is 4.47. The van der Waals surface area contributed by atoms with Crippen molar-refractivity contribution in [3.8, 4) is 22.8 Å². The predicted molar refractivity (Wildman–Crippen MR) is 123 cm³/mol. The van der Waals surface area contributed by atoms with Crippen molar-refractivity contribution in [1.29, 1.82) is 0 Å². The fourth-order valence-corrected chi connectivity index (χ4v) is 2.85. The van der Waals surface area contributed by atoms with Gasteiger partial charge in [0.05, 0.1) is 18.9 Å². The second-order valence-electron chi connectivity index (χ2n) is 7.26. The standard InChI is InChI=1S/C23H26N6O3/c1-16(30)12-24-10-11-29(3)22-14-25-15-23(28-22)32-20-7-4-18(5-8-20)19-6-9-21(26-13-19)27-17(2)31/h4-9,13-15,24H,10-12H2,1-3H3,(H,26,27,31). The van der Waals surface area contributed by atoms with Gasteiger partial charge in [-0.3, -0.25) is 14.6 Å². The van der Waals surface area contributed by atoms with Crippen LogP contribution in [0.1, 0.15) is 13.8 Å². The number of hydrogen-bond donors (Lipinski definition) is 2. The number of Topliss-reactive ketones (excluding diaryl/α,β-unsaturated/α-hetero) is 1. The van der Waals surface area contributed by atoms with Crippen LogP contribution < -0.4 is 20.3 Å². The molecular weight excluding hydrogens is 408 g/mol. The summed E-state index contributed by atoms with van der Waals surface area (Å²) in [5, 5.41) is 5.72. The quantitative estimate of drug-likeness (QED) is 0.469. The number of rotatable bonds is 10. The number of likely N-dealkylation sites (N-methyl/N-ethyl adjacent to an activating group) is 1. The summed E-state index contributed by atoms with van der Waals surface area (Å²) in [7, 11) is 1.91. The van der Waals surface area contributed by atoms with E-state index in [1.54, 1.807) is 31.6 Å². The predicted octanol–water partition coefficient (Wildman–Crippen LogP) is 2.90. The van der Waals surface area contributed by atoms with Gasteiger partial charge in [0.1, 0.15) is 17.4 Å². The molecule has 0 unspecified atom stereocenters.